The second kappa shape index (κ2) is 8.29. The van der Waals surface area contributed by atoms with E-state index in [1.807, 2.05) is 12.1 Å². The molecule has 3 aromatic heterocycles. The molecule has 5 rings (SSSR count). The van der Waals surface area contributed by atoms with Crippen LogP contribution < -0.4 is 5.56 Å². The molecule has 0 saturated carbocycles. The quantitative estimate of drug-likeness (QED) is 0.248. The number of aromatic nitrogens is 3. The molecule has 3 heterocycles. The number of rotatable bonds is 5. The molecule has 0 aliphatic carbocycles. The van der Waals surface area contributed by atoms with E-state index >= 15 is 0 Å². The topological polar surface area (TPSA) is 47.8 Å². The maximum absolute atomic E-state index is 13.5. The largest absolute Gasteiger partial charge is 0.282 e. The Morgan fingerprint density at radius 2 is 1.61 bits per heavy atom. The Morgan fingerprint density at radius 3 is 2.32 bits per heavy atom. The minimum atomic E-state index is -0.0000175. The number of benzene rings is 2. The Morgan fingerprint density at radius 1 is 0.935 bits per heavy atom. The molecule has 0 fully saturated rings. The van der Waals surface area contributed by atoms with Crippen LogP contribution >= 0.6 is 23.1 Å². The molecule has 4 nitrogen and oxygen atoms in total. The zero-order valence-corrected chi connectivity index (χ0v) is 19.0. The molecule has 31 heavy (non-hydrogen) atoms. The molecule has 0 amide bonds. The lowest BCUT2D eigenvalue weighted by atomic mass is 10.1. The van der Waals surface area contributed by atoms with E-state index in [1.165, 1.54) is 28.0 Å². The number of thioether (sulfide) groups is 1. The Balaban J connectivity index is 1.62. The van der Waals surface area contributed by atoms with E-state index < -0.39 is 0 Å². The summed E-state index contributed by atoms with van der Waals surface area (Å²) in [5.41, 5.74) is 5.50. The van der Waals surface area contributed by atoms with Crippen LogP contribution in [-0.2, 0) is 12.3 Å². The zero-order valence-electron chi connectivity index (χ0n) is 17.3. The molecule has 0 radical (unpaired) electrons. The van der Waals surface area contributed by atoms with Gasteiger partial charge in [-0.1, -0.05) is 71.4 Å². The molecule has 6 heteroatoms. The van der Waals surface area contributed by atoms with Gasteiger partial charge in [0.2, 0.25) is 0 Å². The summed E-state index contributed by atoms with van der Waals surface area (Å²) in [7, 11) is 0. The van der Waals surface area contributed by atoms with E-state index in [0.29, 0.717) is 11.2 Å². The Hall–Kier alpha value is -2.96. The number of hydrogen-bond donors (Lipinski definition) is 0. The highest BCUT2D eigenvalue weighted by Crippen LogP contribution is 2.31. The predicted molar refractivity (Wildman–Crippen MR) is 130 cm³/mol. The van der Waals surface area contributed by atoms with Crippen molar-refractivity contribution in [2.24, 2.45) is 0 Å². The summed E-state index contributed by atoms with van der Waals surface area (Å²) in [6.07, 6.45) is 1.76. The summed E-state index contributed by atoms with van der Waals surface area (Å²) >= 11 is 3.03. The Bertz CT molecular complexity index is 1430. The van der Waals surface area contributed by atoms with Gasteiger partial charge < -0.3 is 0 Å². The highest BCUT2D eigenvalue weighted by Gasteiger charge is 2.17. The second-order valence-corrected chi connectivity index (χ2v) is 9.62. The van der Waals surface area contributed by atoms with Gasteiger partial charge in [0.05, 0.1) is 12.1 Å². The van der Waals surface area contributed by atoms with E-state index in [4.69, 9.17) is 4.98 Å². The van der Waals surface area contributed by atoms with E-state index in [1.54, 1.807) is 22.5 Å². The molecular formula is C25H21N3OS2. The molecule has 154 valence electrons. The van der Waals surface area contributed by atoms with Crippen LogP contribution in [0.4, 0.5) is 0 Å². The minimum absolute atomic E-state index is 0.0000175. The molecule has 0 bridgehead atoms. The molecule has 0 spiro atoms. The average molecular weight is 444 g/mol. The smallest absolute Gasteiger partial charge is 0.272 e. The van der Waals surface area contributed by atoms with Gasteiger partial charge in [-0.3, -0.25) is 9.36 Å². The predicted octanol–water partition coefficient (Wildman–Crippen LogP) is 5.96. The molecule has 0 unspecified atom stereocenters. The highest BCUT2D eigenvalue weighted by molar-refractivity contribution is 7.98. The first-order valence-electron chi connectivity index (χ1n) is 10.1. The van der Waals surface area contributed by atoms with Crippen molar-refractivity contribution in [1.29, 1.82) is 0 Å². The van der Waals surface area contributed by atoms with Crippen LogP contribution in [0, 0.1) is 13.8 Å². The zero-order chi connectivity index (χ0) is 21.4. The first-order chi connectivity index (χ1) is 15.1. The van der Waals surface area contributed by atoms with Gasteiger partial charge in [-0.25, -0.2) is 9.97 Å². The van der Waals surface area contributed by atoms with Crippen LogP contribution in [0.2, 0.25) is 0 Å². The monoisotopic (exact) mass is 443 g/mol. The molecular weight excluding hydrogens is 422 g/mol. The van der Waals surface area contributed by atoms with Crippen molar-refractivity contribution in [3.8, 4) is 0 Å². The van der Waals surface area contributed by atoms with Gasteiger partial charge >= 0.3 is 0 Å². The number of hydrogen-bond acceptors (Lipinski definition) is 5. The molecule has 0 aliphatic heterocycles. The second-order valence-electron chi connectivity index (χ2n) is 7.68. The first-order valence-corrected chi connectivity index (χ1v) is 11.9. The SMILES string of the molecule is Cc1ccc(CSc2nc3c(sc4ncccc43)c(=O)n2Cc2ccc(C)cc2)cc1. The lowest BCUT2D eigenvalue weighted by Crippen LogP contribution is -2.23. The van der Waals surface area contributed by atoms with Crippen LogP contribution in [0.1, 0.15) is 22.3 Å². The molecule has 0 saturated heterocycles. The summed E-state index contributed by atoms with van der Waals surface area (Å²) in [6.45, 7) is 4.65. The molecule has 0 aliphatic rings. The average Bonchev–Trinajstić information content (AvgIpc) is 3.16. The summed E-state index contributed by atoms with van der Waals surface area (Å²) in [5, 5.41) is 1.68. The van der Waals surface area contributed by atoms with Crippen LogP contribution in [0.15, 0.2) is 76.8 Å². The van der Waals surface area contributed by atoms with Crippen molar-refractivity contribution in [3.05, 3.63) is 99.5 Å². The van der Waals surface area contributed by atoms with Gasteiger partial charge in [-0.05, 0) is 37.1 Å². The van der Waals surface area contributed by atoms with Gasteiger partial charge in [0.15, 0.2) is 5.16 Å². The summed E-state index contributed by atoms with van der Waals surface area (Å²) in [5.74, 6) is 0.756. The van der Waals surface area contributed by atoms with Crippen LogP contribution in [-0.4, -0.2) is 14.5 Å². The molecule has 0 N–H and O–H groups in total. The van der Waals surface area contributed by atoms with Crippen molar-refractivity contribution < 1.29 is 0 Å². The minimum Gasteiger partial charge on any atom is -0.282 e. The third kappa shape index (κ3) is 4.01. The normalized spacial score (nSPS) is 11.4. The highest BCUT2D eigenvalue weighted by atomic mass is 32.2. The summed E-state index contributed by atoms with van der Waals surface area (Å²) < 4.78 is 2.47. The van der Waals surface area contributed by atoms with Gasteiger partial charge in [-0.2, -0.15) is 0 Å². The Kier molecular flexibility index (Phi) is 5.34. The summed E-state index contributed by atoms with van der Waals surface area (Å²) in [6, 6.07) is 20.7. The van der Waals surface area contributed by atoms with Crippen LogP contribution in [0.3, 0.4) is 0 Å². The van der Waals surface area contributed by atoms with Crippen LogP contribution in [0.25, 0.3) is 20.4 Å². The van der Waals surface area contributed by atoms with Gasteiger partial charge in [-0.15, -0.1) is 11.3 Å². The lowest BCUT2D eigenvalue weighted by molar-refractivity contribution is 0.659. The summed E-state index contributed by atoms with van der Waals surface area (Å²) in [4.78, 5) is 23.8. The number of pyridine rings is 1. The van der Waals surface area contributed by atoms with Crippen molar-refractivity contribution in [3.63, 3.8) is 0 Å². The molecule has 2 aromatic carbocycles. The lowest BCUT2D eigenvalue weighted by Gasteiger charge is -2.12. The molecule has 0 atom stereocenters. The maximum atomic E-state index is 13.5. The van der Waals surface area contributed by atoms with Crippen LogP contribution in [0.5, 0.6) is 0 Å². The third-order valence-corrected chi connectivity index (χ3v) is 7.41. The fraction of sp³-hybridized carbons (Fsp3) is 0.160. The number of nitrogens with zero attached hydrogens (tertiary/aromatic N) is 3. The fourth-order valence-electron chi connectivity index (χ4n) is 3.50. The van der Waals surface area contributed by atoms with Gasteiger partial charge in [0.25, 0.3) is 5.56 Å². The number of aryl methyl sites for hydroxylation is 2. The number of thiophene rings is 1. The van der Waals surface area contributed by atoms with Gasteiger partial charge in [0, 0.05) is 17.3 Å². The maximum Gasteiger partial charge on any atom is 0.272 e. The van der Waals surface area contributed by atoms with E-state index in [9.17, 15) is 4.79 Å². The fourth-order valence-corrected chi connectivity index (χ4v) is 5.48. The number of fused-ring (bicyclic) bond motifs is 3. The van der Waals surface area contributed by atoms with Crippen molar-refractivity contribution >= 4 is 43.5 Å². The van der Waals surface area contributed by atoms with Crippen molar-refractivity contribution in [1.82, 2.24) is 14.5 Å². The first kappa shape index (κ1) is 20.0. The van der Waals surface area contributed by atoms with E-state index in [2.05, 4.69) is 67.4 Å². The van der Waals surface area contributed by atoms with E-state index in [0.717, 1.165) is 32.2 Å². The Labute approximate surface area is 188 Å². The van der Waals surface area contributed by atoms with Crippen molar-refractivity contribution in [2.45, 2.75) is 31.3 Å². The van der Waals surface area contributed by atoms with Gasteiger partial charge in [0.1, 0.15) is 9.53 Å². The molecule has 5 aromatic rings. The van der Waals surface area contributed by atoms with Crippen molar-refractivity contribution in [2.75, 3.05) is 0 Å². The standard InChI is InChI=1S/C25H21N3OS2/c1-16-5-9-18(10-6-16)14-28-24(29)22-21(20-4-3-13-26-23(20)31-22)27-25(28)30-15-19-11-7-17(2)8-12-19/h3-13H,14-15H2,1-2H3. The third-order valence-electron chi connectivity index (χ3n) is 5.27. The van der Waals surface area contributed by atoms with E-state index in [-0.39, 0.29) is 5.56 Å².